The summed E-state index contributed by atoms with van der Waals surface area (Å²) in [5.41, 5.74) is 0.496. The maximum absolute atomic E-state index is 11.4. The summed E-state index contributed by atoms with van der Waals surface area (Å²) in [7, 11) is 1.57. The van der Waals surface area contributed by atoms with Crippen molar-refractivity contribution in [3.8, 4) is 17.2 Å². The molecule has 0 aliphatic carbocycles. The lowest BCUT2D eigenvalue weighted by molar-refractivity contribution is -0.139. The Bertz CT molecular complexity index is 606. The molecule has 0 heterocycles. The van der Waals surface area contributed by atoms with Crippen molar-refractivity contribution in [3.63, 3.8) is 0 Å². The average Bonchev–Trinajstić information content (AvgIpc) is 2.48. The number of phenolic OH excluding ortho intramolecular Hbond substituents is 1. The maximum Gasteiger partial charge on any atom is 0.314 e. The number of hydrogen-bond acceptors (Lipinski definition) is 4. The molecule has 0 saturated carbocycles. The molecule has 5 nitrogen and oxygen atoms in total. The zero-order chi connectivity index (χ0) is 15.2. The molecule has 0 spiro atoms. The number of hydrogen-bond donors (Lipinski definition) is 2. The van der Waals surface area contributed by atoms with E-state index in [0.717, 1.165) is 0 Å². The summed E-state index contributed by atoms with van der Waals surface area (Å²) in [5, 5.41) is 18.7. The highest BCUT2D eigenvalue weighted by molar-refractivity contribution is 5.76. The van der Waals surface area contributed by atoms with E-state index in [2.05, 4.69) is 0 Å². The summed E-state index contributed by atoms with van der Waals surface area (Å²) >= 11 is 0. The highest BCUT2D eigenvalue weighted by Crippen LogP contribution is 2.23. The van der Waals surface area contributed by atoms with Crippen LogP contribution in [0.1, 0.15) is 11.5 Å². The van der Waals surface area contributed by atoms with Gasteiger partial charge in [0.1, 0.15) is 29.8 Å². The van der Waals surface area contributed by atoms with Crippen LogP contribution < -0.4 is 9.47 Å². The second-order valence-corrected chi connectivity index (χ2v) is 4.47. The fraction of sp³-hybridized carbons (Fsp3) is 0.188. The zero-order valence-electron chi connectivity index (χ0n) is 11.5. The average molecular weight is 288 g/mol. The third-order valence-electron chi connectivity index (χ3n) is 3.05. The number of carboxylic acid groups (broad SMARTS) is 1. The van der Waals surface area contributed by atoms with Crippen LogP contribution >= 0.6 is 0 Å². The van der Waals surface area contributed by atoms with Crippen molar-refractivity contribution >= 4 is 5.97 Å². The van der Waals surface area contributed by atoms with Gasteiger partial charge in [0.2, 0.25) is 0 Å². The largest absolute Gasteiger partial charge is 0.508 e. The van der Waals surface area contributed by atoms with Crippen molar-refractivity contribution in [1.82, 2.24) is 0 Å². The van der Waals surface area contributed by atoms with Gasteiger partial charge in [-0.15, -0.1) is 0 Å². The fourth-order valence-electron chi connectivity index (χ4n) is 1.90. The second-order valence-electron chi connectivity index (χ2n) is 4.47. The van der Waals surface area contributed by atoms with Crippen LogP contribution in [-0.2, 0) is 4.79 Å². The monoisotopic (exact) mass is 288 g/mol. The topological polar surface area (TPSA) is 76.0 Å². The number of ether oxygens (including phenoxy) is 2. The van der Waals surface area contributed by atoms with Gasteiger partial charge in [-0.05, 0) is 42.0 Å². The van der Waals surface area contributed by atoms with E-state index in [9.17, 15) is 15.0 Å². The van der Waals surface area contributed by atoms with Crippen molar-refractivity contribution in [3.05, 3.63) is 54.1 Å². The van der Waals surface area contributed by atoms with Crippen LogP contribution in [-0.4, -0.2) is 29.9 Å². The molecule has 2 aromatic carbocycles. The fourth-order valence-corrected chi connectivity index (χ4v) is 1.90. The van der Waals surface area contributed by atoms with Gasteiger partial charge in [0.25, 0.3) is 0 Å². The Labute approximate surface area is 122 Å². The van der Waals surface area contributed by atoms with Crippen molar-refractivity contribution in [1.29, 1.82) is 0 Å². The first-order chi connectivity index (χ1) is 10.1. The Kier molecular flexibility index (Phi) is 4.66. The molecule has 1 atom stereocenters. The summed E-state index contributed by atoms with van der Waals surface area (Å²) in [5.74, 6) is -0.566. The van der Waals surface area contributed by atoms with Crippen LogP contribution in [0.2, 0.25) is 0 Å². The molecular formula is C16H16O5. The van der Waals surface area contributed by atoms with Crippen molar-refractivity contribution in [2.75, 3.05) is 13.7 Å². The maximum atomic E-state index is 11.4. The third-order valence-corrected chi connectivity index (χ3v) is 3.05. The van der Waals surface area contributed by atoms with Crippen LogP contribution in [0.5, 0.6) is 17.2 Å². The molecule has 2 rings (SSSR count). The van der Waals surface area contributed by atoms with Gasteiger partial charge in [-0.2, -0.15) is 0 Å². The predicted octanol–water partition coefficient (Wildman–Crippen LogP) is 2.65. The van der Waals surface area contributed by atoms with Gasteiger partial charge in [-0.3, -0.25) is 4.79 Å². The van der Waals surface area contributed by atoms with E-state index in [0.29, 0.717) is 17.1 Å². The SMILES string of the molecule is COc1ccc(OCC(C(=O)O)c2cccc(O)c2)cc1. The molecular weight excluding hydrogens is 272 g/mol. The first-order valence-corrected chi connectivity index (χ1v) is 6.38. The number of methoxy groups -OCH3 is 1. The molecule has 1 unspecified atom stereocenters. The lowest BCUT2D eigenvalue weighted by Gasteiger charge is -2.14. The van der Waals surface area contributed by atoms with Crippen LogP contribution in [0, 0.1) is 0 Å². The molecule has 110 valence electrons. The van der Waals surface area contributed by atoms with Crippen LogP contribution in [0.4, 0.5) is 0 Å². The standard InChI is InChI=1S/C16H16O5/c1-20-13-5-7-14(8-6-13)21-10-15(16(18)19)11-3-2-4-12(17)9-11/h2-9,15,17H,10H2,1H3,(H,18,19). The predicted molar refractivity (Wildman–Crippen MR) is 77.0 cm³/mol. The molecule has 0 aromatic heterocycles. The number of carbonyl (C=O) groups is 1. The number of benzene rings is 2. The first-order valence-electron chi connectivity index (χ1n) is 6.38. The molecule has 21 heavy (non-hydrogen) atoms. The summed E-state index contributed by atoms with van der Waals surface area (Å²) in [6.07, 6.45) is 0. The van der Waals surface area contributed by atoms with Gasteiger partial charge in [0.15, 0.2) is 0 Å². The van der Waals surface area contributed by atoms with Gasteiger partial charge in [0.05, 0.1) is 7.11 Å². The van der Waals surface area contributed by atoms with Gasteiger partial charge >= 0.3 is 5.97 Å². The van der Waals surface area contributed by atoms with E-state index in [1.165, 1.54) is 12.1 Å². The van der Waals surface area contributed by atoms with Crippen molar-refractivity contribution in [2.45, 2.75) is 5.92 Å². The quantitative estimate of drug-likeness (QED) is 0.854. The van der Waals surface area contributed by atoms with Gasteiger partial charge in [-0.1, -0.05) is 12.1 Å². The van der Waals surface area contributed by atoms with Gasteiger partial charge in [-0.25, -0.2) is 0 Å². The zero-order valence-corrected chi connectivity index (χ0v) is 11.5. The van der Waals surface area contributed by atoms with Crippen LogP contribution in [0.25, 0.3) is 0 Å². The van der Waals surface area contributed by atoms with Gasteiger partial charge in [0, 0.05) is 0 Å². The Morgan fingerprint density at radius 3 is 2.38 bits per heavy atom. The van der Waals surface area contributed by atoms with E-state index < -0.39 is 11.9 Å². The van der Waals surface area contributed by atoms with Crippen molar-refractivity contribution in [2.24, 2.45) is 0 Å². The summed E-state index contributed by atoms with van der Waals surface area (Å²) < 4.78 is 10.5. The number of aromatic hydroxyl groups is 1. The van der Waals surface area contributed by atoms with Crippen molar-refractivity contribution < 1.29 is 24.5 Å². The second kappa shape index (κ2) is 6.65. The van der Waals surface area contributed by atoms with E-state index in [1.807, 2.05) is 0 Å². The number of rotatable bonds is 6. The summed E-state index contributed by atoms with van der Waals surface area (Å²) in [6.45, 7) is -0.0227. The highest BCUT2D eigenvalue weighted by Gasteiger charge is 2.21. The minimum atomic E-state index is -1.01. The highest BCUT2D eigenvalue weighted by atomic mass is 16.5. The van der Waals surface area contributed by atoms with Crippen LogP contribution in [0.3, 0.4) is 0 Å². The van der Waals surface area contributed by atoms with E-state index in [-0.39, 0.29) is 12.4 Å². The molecule has 2 N–H and O–H groups in total. The molecule has 0 aliphatic rings. The molecule has 0 radical (unpaired) electrons. The lowest BCUT2D eigenvalue weighted by Crippen LogP contribution is -2.19. The Balaban J connectivity index is 2.08. The minimum absolute atomic E-state index is 0.0227. The molecule has 0 amide bonds. The number of carboxylic acids is 1. The van der Waals surface area contributed by atoms with Crippen LogP contribution in [0.15, 0.2) is 48.5 Å². The van der Waals surface area contributed by atoms with E-state index >= 15 is 0 Å². The smallest absolute Gasteiger partial charge is 0.314 e. The lowest BCUT2D eigenvalue weighted by atomic mass is 10.00. The van der Waals surface area contributed by atoms with Gasteiger partial charge < -0.3 is 19.7 Å². The number of aliphatic carboxylic acids is 1. The van der Waals surface area contributed by atoms with E-state index in [1.54, 1.807) is 43.5 Å². The summed E-state index contributed by atoms with van der Waals surface area (Å²) in [4.78, 5) is 11.4. The Morgan fingerprint density at radius 1 is 1.14 bits per heavy atom. The Hall–Kier alpha value is -2.69. The molecule has 0 saturated heterocycles. The van der Waals surface area contributed by atoms with E-state index in [4.69, 9.17) is 9.47 Å². The summed E-state index contributed by atoms with van der Waals surface area (Å²) in [6, 6.07) is 13.1. The molecule has 0 aliphatic heterocycles. The molecule has 0 fully saturated rings. The molecule has 2 aromatic rings. The Morgan fingerprint density at radius 2 is 1.81 bits per heavy atom. The first kappa shape index (κ1) is 14.7. The normalized spacial score (nSPS) is 11.7. The third kappa shape index (κ3) is 3.89. The molecule has 5 heteroatoms. The number of phenols is 1. The minimum Gasteiger partial charge on any atom is -0.508 e. The molecule has 0 bridgehead atoms.